The van der Waals surface area contributed by atoms with E-state index >= 15 is 0 Å². The molecular weight excluding hydrogens is 558 g/mol. The number of nitrogens with zero attached hydrogens (tertiary/aromatic N) is 4. The smallest absolute Gasteiger partial charge is 0.249 e. The average Bonchev–Trinajstić information content (AvgIpc) is 3.03. The lowest BCUT2D eigenvalue weighted by molar-refractivity contribution is 1.11. The molecule has 9 rings (SSSR count). The lowest BCUT2D eigenvalue weighted by Crippen LogP contribution is -2.62. The highest BCUT2D eigenvalue weighted by molar-refractivity contribution is 6.99. The number of aryl methyl sites for hydroxylation is 6. The Morgan fingerprint density at radius 1 is 0.457 bits per heavy atom. The van der Waals surface area contributed by atoms with Gasteiger partial charge in [-0.15, -0.1) is 0 Å². The highest BCUT2D eigenvalue weighted by Crippen LogP contribution is 2.53. The van der Waals surface area contributed by atoms with Crippen LogP contribution in [0, 0.1) is 41.5 Å². The zero-order chi connectivity index (χ0) is 31.4. The maximum atomic E-state index is 5.15. The summed E-state index contributed by atoms with van der Waals surface area (Å²) < 4.78 is 0. The monoisotopic (exact) mass is 592 g/mol. The summed E-state index contributed by atoms with van der Waals surface area (Å²) in [6.07, 6.45) is 3.89. The molecule has 5 heterocycles. The summed E-state index contributed by atoms with van der Waals surface area (Å²) >= 11 is 0. The van der Waals surface area contributed by atoms with Crippen molar-refractivity contribution in [3.05, 3.63) is 131 Å². The summed E-state index contributed by atoms with van der Waals surface area (Å²) in [6.45, 7) is 13.5. The third-order valence-electron chi connectivity index (χ3n) is 10.4. The van der Waals surface area contributed by atoms with E-state index in [1.54, 1.807) is 0 Å². The molecule has 0 saturated heterocycles. The SMILES string of the molecule is Cc1cc(C)c(B2c3cccnc3N3c4cccc5c4N(c4cccc2c43)c2ncccc2B5c2c(C)cc(C)cc2C)c(C)c1. The molecule has 3 aliphatic rings. The van der Waals surface area contributed by atoms with Gasteiger partial charge < -0.3 is 0 Å². The zero-order valence-corrected chi connectivity index (χ0v) is 27.2. The highest BCUT2D eigenvalue weighted by atomic mass is 15.3. The second-order valence-corrected chi connectivity index (χ2v) is 13.4. The van der Waals surface area contributed by atoms with Gasteiger partial charge in [-0.05, 0) is 87.7 Å². The summed E-state index contributed by atoms with van der Waals surface area (Å²) in [6, 6.07) is 31.7. The van der Waals surface area contributed by atoms with Crippen LogP contribution in [0.2, 0.25) is 0 Å². The van der Waals surface area contributed by atoms with Crippen LogP contribution in [0.25, 0.3) is 0 Å². The standard InChI is InChI=1S/C40H34B2N4/c1-23-19-25(3)35(26(4)20-23)41-29-11-7-15-33-37(29)45(39-31(41)13-9-17-43-39)34-16-8-12-30-38(34)46(33)40-32(14-10-18-44-40)42(30)36-27(5)21-24(2)22-28(36)6/h7-22H,1-6H3. The zero-order valence-electron chi connectivity index (χ0n) is 27.2. The number of aromatic nitrogens is 2. The van der Waals surface area contributed by atoms with Crippen LogP contribution in [-0.2, 0) is 0 Å². The van der Waals surface area contributed by atoms with E-state index in [1.807, 2.05) is 12.4 Å². The van der Waals surface area contributed by atoms with Crippen molar-refractivity contribution in [1.29, 1.82) is 0 Å². The molecule has 0 atom stereocenters. The Labute approximate surface area is 271 Å². The third kappa shape index (κ3) is 3.58. The Hall–Kier alpha value is -5.09. The molecule has 2 aromatic heterocycles. The van der Waals surface area contributed by atoms with Crippen molar-refractivity contribution < 1.29 is 0 Å². The van der Waals surface area contributed by atoms with Crippen molar-refractivity contribution in [2.45, 2.75) is 41.5 Å². The lowest BCUT2D eigenvalue weighted by atomic mass is 9.33. The van der Waals surface area contributed by atoms with E-state index in [4.69, 9.17) is 9.97 Å². The molecule has 0 saturated carbocycles. The van der Waals surface area contributed by atoms with E-state index in [0.29, 0.717) is 0 Å². The first kappa shape index (κ1) is 27.2. The second-order valence-electron chi connectivity index (χ2n) is 13.4. The number of benzene rings is 4. The molecule has 0 aliphatic carbocycles. The first-order chi connectivity index (χ1) is 22.3. The summed E-state index contributed by atoms with van der Waals surface area (Å²) in [5, 5.41) is 0. The van der Waals surface area contributed by atoms with Gasteiger partial charge >= 0.3 is 0 Å². The van der Waals surface area contributed by atoms with Crippen LogP contribution < -0.4 is 42.6 Å². The molecule has 0 fully saturated rings. The number of pyridine rings is 2. The quantitative estimate of drug-likeness (QED) is 0.257. The van der Waals surface area contributed by atoms with Crippen molar-refractivity contribution >= 4 is 80.6 Å². The van der Waals surface area contributed by atoms with Crippen molar-refractivity contribution in [1.82, 2.24) is 9.97 Å². The van der Waals surface area contributed by atoms with Crippen molar-refractivity contribution in [2.24, 2.45) is 0 Å². The van der Waals surface area contributed by atoms with Gasteiger partial charge in [-0.25, -0.2) is 9.97 Å². The van der Waals surface area contributed by atoms with E-state index in [1.165, 1.54) is 77.5 Å². The molecule has 0 N–H and O–H groups in total. The highest BCUT2D eigenvalue weighted by Gasteiger charge is 2.47. The fourth-order valence-corrected chi connectivity index (χ4v) is 8.99. The average molecular weight is 592 g/mol. The van der Waals surface area contributed by atoms with Gasteiger partial charge in [0.15, 0.2) is 0 Å². The number of para-hydroxylation sites is 2. The van der Waals surface area contributed by atoms with Crippen LogP contribution in [0.5, 0.6) is 0 Å². The largest absolute Gasteiger partial charge is 0.292 e. The van der Waals surface area contributed by atoms with Crippen LogP contribution in [0.1, 0.15) is 33.4 Å². The molecule has 0 amide bonds. The molecule has 0 bridgehead atoms. The van der Waals surface area contributed by atoms with E-state index in [-0.39, 0.29) is 13.4 Å². The Morgan fingerprint density at radius 2 is 0.826 bits per heavy atom. The molecule has 6 heteroatoms. The summed E-state index contributed by atoms with van der Waals surface area (Å²) in [7, 11) is 0. The molecule has 6 aromatic rings. The van der Waals surface area contributed by atoms with Gasteiger partial charge in [0.2, 0.25) is 13.4 Å². The second kappa shape index (κ2) is 9.70. The molecule has 220 valence electrons. The molecule has 0 unspecified atom stereocenters. The number of rotatable bonds is 2. The molecule has 0 spiro atoms. The molecule has 3 aliphatic heterocycles. The van der Waals surface area contributed by atoms with E-state index in [2.05, 4.69) is 136 Å². The number of hydrogen-bond donors (Lipinski definition) is 0. The Bertz CT molecular complexity index is 2070. The Balaban J connectivity index is 1.38. The minimum Gasteiger partial charge on any atom is -0.292 e. The van der Waals surface area contributed by atoms with Crippen molar-refractivity contribution in [3.63, 3.8) is 0 Å². The first-order valence-electron chi connectivity index (χ1n) is 16.2. The predicted molar refractivity (Wildman–Crippen MR) is 196 cm³/mol. The minimum atomic E-state index is 0.0684. The molecule has 4 aromatic carbocycles. The van der Waals surface area contributed by atoms with Crippen molar-refractivity contribution in [3.8, 4) is 0 Å². The van der Waals surface area contributed by atoms with Crippen LogP contribution in [-0.4, -0.2) is 23.4 Å². The fourth-order valence-electron chi connectivity index (χ4n) is 8.99. The molecular formula is C40H34B2N4. The maximum absolute atomic E-state index is 5.15. The summed E-state index contributed by atoms with van der Waals surface area (Å²) in [5.74, 6) is 2.01. The number of hydrogen-bond acceptors (Lipinski definition) is 4. The normalized spacial score (nSPS) is 13.7. The van der Waals surface area contributed by atoms with Gasteiger partial charge in [0, 0.05) is 12.4 Å². The fraction of sp³-hybridized carbons (Fsp3) is 0.150. The Kier molecular flexibility index (Phi) is 5.75. The summed E-state index contributed by atoms with van der Waals surface area (Å²) in [5.41, 5.74) is 20.4. The van der Waals surface area contributed by atoms with Gasteiger partial charge in [-0.1, -0.05) is 105 Å². The van der Waals surface area contributed by atoms with E-state index in [0.717, 1.165) is 23.0 Å². The predicted octanol–water partition coefficient (Wildman–Crippen LogP) is 5.24. The van der Waals surface area contributed by atoms with Crippen LogP contribution >= 0.6 is 0 Å². The van der Waals surface area contributed by atoms with Gasteiger partial charge in [0.05, 0.1) is 22.7 Å². The van der Waals surface area contributed by atoms with Gasteiger partial charge in [-0.2, -0.15) is 0 Å². The Morgan fingerprint density at radius 3 is 1.22 bits per heavy atom. The van der Waals surface area contributed by atoms with E-state index < -0.39 is 0 Å². The topological polar surface area (TPSA) is 32.3 Å². The third-order valence-corrected chi connectivity index (χ3v) is 10.4. The van der Waals surface area contributed by atoms with Crippen LogP contribution in [0.3, 0.4) is 0 Å². The van der Waals surface area contributed by atoms with Crippen LogP contribution in [0.15, 0.2) is 97.3 Å². The number of anilines is 6. The van der Waals surface area contributed by atoms with Gasteiger partial charge in [0.25, 0.3) is 0 Å². The summed E-state index contributed by atoms with van der Waals surface area (Å²) in [4.78, 5) is 15.2. The lowest BCUT2D eigenvalue weighted by Gasteiger charge is -2.48. The van der Waals surface area contributed by atoms with Gasteiger partial charge in [-0.3, -0.25) is 9.80 Å². The first-order valence-corrected chi connectivity index (χ1v) is 16.2. The molecule has 46 heavy (non-hydrogen) atoms. The minimum absolute atomic E-state index is 0.0684. The maximum Gasteiger partial charge on any atom is 0.249 e. The molecule has 4 nitrogen and oxygen atoms in total. The van der Waals surface area contributed by atoms with Crippen molar-refractivity contribution in [2.75, 3.05) is 9.80 Å². The van der Waals surface area contributed by atoms with Gasteiger partial charge in [0.1, 0.15) is 11.6 Å². The number of fused-ring (bicyclic) bond motifs is 6. The van der Waals surface area contributed by atoms with Crippen LogP contribution in [0.4, 0.5) is 34.4 Å². The molecule has 0 radical (unpaired) electrons. The van der Waals surface area contributed by atoms with E-state index in [9.17, 15) is 0 Å².